The first-order valence-corrected chi connectivity index (χ1v) is 8.59. The number of anilines is 1. The Hall–Kier alpha value is -1.18. The van der Waals surface area contributed by atoms with Crippen LogP contribution in [0.15, 0.2) is 17.0 Å². The highest BCUT2D eigenvalue weighted by Crippen LogP contribution is 2.21. The maximum absolute atomic E-state index is 13.6. The normalized spacial score (nSPS) is 18.0. The summed E-state index contributed by atoms with van der Waals surface area (Å²) in [5, 5.41) is 0. The van der Waals surface area contributed by atoms with Crippen LogP contribution in [0.3, 0.4) is 0 Å². The summed E-state index contributed by atoms with van der Waals surface area (Å²) in [6.45, 7) is 5.80. The third-order valence-electron chi connectivity index (χ3n) is 4.00. The number of nitrogens with two attached hydrogens (primary N) is 1. The number of halogens is 1. The fraction of sp³-hybridized carbons (Fsp3) is 0.571. The summed E-state index contributed by atoms with van der Waals surface area (Å²) in [5.41, 5.74) is 6.04. The molecular weight excluding hydrogens is 293 g/mol. The van der Waals surface area contributed by atoms with Crippen molar-refractivity contribution >= 4 is 15.7 Å². The lowest BCUT2D eigenvalue weighted by Crippen LogP contribution is -2.40. The van der Waals surface area contributed by atoms with E-state index >= 15 is 0 Å². The van der Waals surface area contributed by atoms with Gasteiger partial charge >= 0.3 is 0 Å². The van der Waals surface area contributed by atoms with E-state index in [0.717, 1.165) is 32.0 Å². The molecule has 5 nitrogen and oxygen atoms in total. The van der Waals surface area contributed by atoms with Gasteiger partial charge in [-0.1, -0.05) is 0 Å². The molecule has 0 amide bonds. The molecule has 21 heavy (non-hydrogen) atoms. The monoisotopic (exact) mass is 315 g/mol. The van der Waals surface area contributed by atoms with E-state index in [2.05, 4.69) is 9.62 Å². The Bertz CT molecular complexity index is 590. The lowest BCUT2D eigenvalue weighted by atomic mass is 10.2. The van der Waals surface area contributed by atoms with Crippen molar-refractivity contribution in [3.63, 3.8) is 0 Å². The molecule has 7 heteroatoms. The van der Waals surface area contributed by atoms with Crippen LogP contribution in [0.2, 0.25) is 0 Å². The van der Waals surface area contributed by atoms with E-state index in [4.69, 9.17) is 5.73 Å². The van der Waals surface area contributed by atoms with Crippen LogP contribution in [-0.4, -0.2) is 39.0 Å². The molecule has 0 aromatic heterocycles. The molecule has 1 heterocycles. The maximum atomic E-state index is 13.6. The fourth-order valence-electron chi connectivity index (χ4n) is 2.45. The van der Waals surface area contributed by atoms with E-state index in [1.807, 2.05) is 6.92 Å². The van der Waals surface area contributed by atoms with Gasteiger partial charge in [-0.3, -0.25) is 4.90 Å². The van der Waals surface area contributed by atoms with Gasteiger partial charge < -0.3 is 5.73 Å². The van der Waals surface area contributed by atoms with E-state index in [-0.39, 0.29) is 22.2 Å². The predicted octanol–water partition coefficient (Wildman–Crippen LogP) is 1.48. The van der Waals surface area contributed by atoms with E-state index in [1.54, 1.807) is 0 Å². The third kappa shape index (κ3) is 3.72. The largest absolute Gasteiger partial charge is 0.398 e. The molecule has 1 fully saturated rings. The number of likely N-dealkylation sites (tertiary alicyclic amines) is 1. The van der Waals surface area contributed by atoms with Gasteiger partial charge in [0.1, 0.15) is 5.82 Å². The quantitative estimate of drug-likeness (QED) is 0.807. The minimum absolute atomic E-state index is 0.120. The van der Waals surface area contributed by atoms with E-state index in [0.29, 0.717) is 6.54 Å². The van der Waals surface area contributed by atoms with Crippen LogP contribution in [0, 0.1) is 12.7 Å². The van der Waals surface area contributed by atoms with Crippen LogP contribution in [0.4, 0.5) is 10.1 Å². The van der Waals surface area contributed by atoms with Crippen molar-refractivity contribution in [2.75, 3.05) is 25.4 Å². The standard InChI is InChI=1S/C14H22FN3O2S/c1-10(18-5-3-4-6-18)9-17-21(19,20)12-7-13(15)11(2)14(16)8-12/h7-8,10,17H,3-6,9,16H2,1-2H3. The van der Waals surface area contributed by atoms with Gasteiger partial charge in [0.05, 0.1) is 4.90 Å². The number of nitrogen functional groups attached to an aromatic ring is 1. The van der Waals surface area contributed by atoms with Crippen molar-refractivity contribution in [1.29, 1.82) is 0 Å². The van der Waals surface area contributed by atoms with Crippen LogP contribution in [0.1, 0.15) is 25.3 Å². The molecule has 1 saturated heterocycles. The summed E-state index contributed by atoms with van der Waals surface area (Å²) in [4.78, 5) is 2.11. The number of nitrogens with one attached hydrogen (secondary N) is 1. The highest BCUT2D eigenvalue weighted by atomic mass is 32.2. The van der Waals surface area contributed by atoms with Gasteiger partial charge in [-0.15, -0.1) is 0 Å². The minimum atomic E-state index is -3.74. The molecule has 1 aliphatic heterocycles. The molecule has 3 N–H and O–H groups in total. The molecule has 0 saturated carbocycles. The average molecular weight is 315 g/mol. The lowest BCUT2D eigenvalue weighted by molar-refractivity contribution is 0.260. The molecule has 0 aliphatic carbocycles. The number of nitrogens with zero attached hydrogens (tertiary/aromatic N) is 1. The Morgan fingerprint density at radius 1 is 1.38 bits per heavy atom. The molecule has 0 spiro atoms. The van der Waals surface area contributed by atoms with Crippen molar-refractivity contribution in [2.45, 2.75) is 37.6 Å². The molecule has 0 radical (unpaired) electrons. The van der Waals surface area contributed by atoms with Crippen LogP contribution >= 0.6 is 0 Å². The molecule has 1 atom stereocenters. The molecule has 1 aromatic carbocycles. The number of sulfonamides is 1. The summed E-state index contributed by atoms with van der Waals surface area (Å²) in [5.74, 6) is -0.608. The third-order valence-corrected chi connectivity index (χ3v) is 5.40. The summed E-state index contributed by atoms with van der Waals surface area (Å²) in [6, 6.07) is 2.42. The van der Waals surface area contributed by atoms with Gasteiger partial charge in [-0.2, -0.15) is 0 Å². The van der Waals surface area contributed by atoms with E-state index in [1.165, 1.54) is 13.0 Å². The number of rotatable bonds is 5. The first-order valence-electron chi connectivity index (χ1n) is 7.10. The van der Waals surface area contributed by atoms with Crippen molar-refractivity contribution in [2.24, 2.45) is 0 Å². The zero-order valence-electron chi connectivity index (χ0n) is 12.4. The second-order valence-electron chi connectivity index (χ2n) is 5.56. The summed E-state index contributed by atoms with van der Waals surface area (Å²) in [6.07, 6.45) is 2.30. The Labute approximate surface area is 125 Å². The first-order chi connectivity index (χ1) is 9.81. The van der Waals surface area contributed by atoms with Gasteiger partial charge in [0.25, 0.3) is 0 Å². The Balaban J connectivity index is 2.08. The SMILES string of the molecule is Cc1c(N)cc(S(=O)(=O)NCC(C)N2CCCC2)cc1F. The van der Waals surface area contributed by atoms with Crippen molar-refractivity contribution in [3.05, 3.63) is 23.5 Å². The summed E-state index contributed by atoms with van der Waals surface area (Å²) >= 11 is 0. The summed E-state index contributed by atoms with van der Waals surface area (Å²) in [7, 11) is -3.74. The molecular formula is C14H22FN3O2S. The van der Waals surface area contributed by atoms with Gasteiger partial charge in [-0.05, 0) is 51.9 Å². The molecule has 118 valence electrons. The van der Waals surface area contributed by atoms with Gasteiger partial charge in [-0.25, -0.2) is 17.5 Å². The molecule has 2 rings (SSSR count). The topological polar surface area (TPSA) is 75.4 Å². The lowest BCUT2D eigenvalue weighted by Gasteiger charge is -2.23. The smallest absolute Gasteiger partial charge is 0.240 e. The van der Waals surface area contributed by atoms with E-state index in [9.17, 15) is 12.8 Å². The highest BCUT2D eigenvalue weighted by molar-refractivity contribution is 7.89. The summed E-state index contributed by atoms with van der Waals surface area (Å²) < 4.78 is 40.6. The number of benzene rings is 1. The Kier molecular flexibility index (Phi) is 4.85. The second-order valence-corrected chi connectivity index (χ2v) is 7.33. The van der Waals surface area contributed by atoms with Crippen LogP contribution < -0.4 is 10.5 Å². The zero-order valence-corrected chi connectivity index (χ0v) is 13.2. The Morgan fingerprint density at radius 3 is 2.57 bits per heavy atom. The van der Waals surface area contributed by atoms with Crippen molar-refractivity contribution in [3.8, 4) is 0 Å². The maximum Gasteiger partial charge on any atom is 0.240 e. The zero-order chi connectivity index (χ0) is 15.6. The molecule has 1 unspecified atom stereocenters. The van der Waals surface area contributed by atoms with E-state index < -0.39 is 15.8 Å². The minimum Gasteiger partial charge on any atom is -0.398 e. The van der Waals surface area contributed by atoms with Crippen molar-refractivity contribution in [1.82, 2.24) is 9.62 Å². The van der Waals surface area contributed by atoms with Gasteiger partial charge in [0, 0.05) is 23.8 Å². The first kappa shape index (κ1) is 16.2. The van der Waals surface area contributed by atoms with Crippen LogP contribution in [0.5, 0.6) is 0 Å². The predicted molar refractivity (Wildman–Crippen MR) is 81.0 cm³/mol. The molecule has 0 bridgehead atoms. The van der Waals surface area contributed by atoms with Gasteiger partial charge in [0.2, 0.25) is 10.0 Å². The molecule has 1 aromatic rings. The average Bonchev–Trinajstić information content (AvgIpc) is 2.95. The van der Waals surface area contributed by atoms with Crippen molar-refractivity contribution < 1.29 is 12.8 Å². The molecule has 1 aliphatic rings. The number of hydrogen-bond acceptors (Lipinski definition) is 4. The van der Waals surface area contributed by atoms with Crippen LogP contribution in [0.25, 0.3) is 0 Å². The van der Waals surface area contributed by atoms with Gasteiger partial charge in [0.15, 0.2) is 0 Å². The second kappa shape index (κ2) is 6.29. The number of hydrogen-bond donors (Lipinski definition) is 2. The highest BCUT2D eigenvalue weighted by Gasteiger charge is 2.22. The van der Waals surface area contributed by atoms with Crippen LogP contribution in [-0.2, 0) is 10.0 Å². The Morgan fingerprint density at radius 2 is 2.00 bits per heavy atom. The fourth-order valence-corrected chi connectivity index (χ4v) is 3.62.